The summed E-state index contributed by atoms with van der Waals surface area (Å²) in [6, 6.07) is 0.769. The van der Waals surface area contributed by atoms with Gasteiger partial charge in [0.15, 0.2) is 0 Å². The fraction of sp³-hybridized carbons (Fsp3) is 1.00. The van der Waals surface area contributed by atoms with Crippen LogP contribution in [0.2, 0.25) is 0 Å². The van der Waals surface area contributed by atoms with Crippen LogP contribution in [-0.4, -0.2) is 48.3 Å². The van der Waals surface area contributed by atoms with Gasteiger partial charge in [0.2, 0.25) is 0 Å². The molecular formula is C10H20N2O. The van der Waals surface area contributed by atoms with Crippen molar-refractivity contribution in [2.24, 2.45) is 5.92 Å². The monoisotopic (exact) mass is 184 g/mol. The molecule has 0 aromatic rings. The van der Waals surface area contributed by atoms with Crippen LogP contribution < -0.4 is 5.32 Å². The molecular weight excluding hydrogens is 164 g/mol. The number of aliphatic hydroxyl groups is 1. The highest BCUT2D eigenvalue weighted by molar-refractivity contribution is 4.90. The van der Waals surface area contributed by atoms with Gasteiger partial charge in [-0.2, -0.15) is 0 Å². The molecule has 3 atom stereocenters. The molecule has 0 amide bonds. The summed E-state index contributed by atoms with van der Waals surface area (Å²) in [6.07, 6.45) is 2.41. The molecule has 3 nitrogen and oxygen atoms in total. The molecule has 2 N–H and O–H groups in total. The van der Waals surface area contributed by atoms with Gasteiger partial charge in [-0.25, -0.2) is 0 Å². The van der Waals surface area contributed by atoms with Gasteiger partial charge < -0.3 is 15.3 Å². The van der Waals surface area contributed by atoms with E-state index >= 15 is 0 Å². The van der Waals surface area contributed by atoms with E-state index in [0.29, 0.717) is 0 Å². The van der Waals surface area contributed by atoms with Crippen molar-refractivity contribution in [2.45, 2.75) is 31.9 Å². The Morgan fingerprint density at radius 1 is 1.54 bits per heavy atom. The molecule has 2 aliphatic heterocycles. The first-order chi connectivity index (χ1) is 6.25. The lowest BCUT2D eigenvalue weighted by atomic mass is 9.93. The Labute approximate surface area is 80.1 Å². The minimum Gasteiger partial charge on any atom is -0.392 e. The van der Waals surface area contributed by atoms with Crippen molar-refractivity contribution in [1.82, 2.24) is 10.2 Å². The zero-order valence-electron chi connectivity index (χ0n) is 8.37. The number of likely N-dealkylation sites (tertiary alicyclic amines) is 1. The highest BCUT2D eigenvalue weighted by Gasteiger charge is 2.32. The fourth-order valence-electron chi connectivity index (χ4n) is 2.66. The van der Waals surface area contributed by atoms with Crippen LogP contribution in [0, 0.1) is 5.92 Å². The molecule has 2 fully saturated rings. The first-order valence-corrected chi connectivity index (χ1v) is 5.39. The molecule has 0 aromatic carbocycles. The molecule has 0 bridgehead atoms. The second kappa shape index (κ2) is 3.95. The van der Waals surface area contributed by atoms with Crippen molar-refractivity contribution in [3.63, 3.8) is 0 Å². The minimum absolute atomic E-state index is 0.175. The van der Waals surface area contributed by atoms with Gasteiger partial charge >= 0.3 is 0 Å². The third-order valence-electron chi connectivity index (χ3n) is 3.26. The van der Waals surface area contributed by atoms with Crippen molar-refractivity contribution in [1.29, 1.82) is 0 Å². The van der Waals surface area contributed by atoms with Crippen LogP contribution in [-0.2, 0) is 0 Å². The molecule has 0 radical (unpaired) electrons. The second-order valence-corrected chi connectivity index (χ2v) is 4.51. The fourth-order valence-corrected chi connectivity index (χ4v) is 2.66. The van der Waals surface area contributed by atoms with E-state index in [1.54, 1.807) is 0 Å². The molecule has 13 heavy (non-hydrogen) atoms. The van der Waals surface area contributed by atoms with Crippen LogP contribution in [0.4, 0.5) is 0 Å². The summed E-state index contributed by atoms with van der Waals surface area (Å²) in [5.41, 5.74) is 0. The highest BCUT2D eigenvalue weighted by Crippen LogP contribution is 2.24. The molecule has 0 aromatic heterocycles. The number of β-amino-alcohol motifs (C(OH)–C–C–N with tert-alkyl or cyclic N) is 1. The maximum Gasteiger partial charge on any atom is 0.0639 e. The Hall–Kier alpha value is -0.120. The molecule has 0 saturated carbocycles. The van der Waals surface area contributed by atoms with E-state index < -0.39 is 0 Å². The first-order valence-electron chi connectivity index (χ1n) is 5.39. The molecule has 2 rings (SSSR count). The topological polar surface area (TPSA) is 35.5 Å². The van der Waals surface area contributed by atoms with Gasteiger partial charge in [0.05, 0.1) is 6.10 Å². The predicted molar refractivity (Wildman–Crippen MR) is 52.6 cm³/mol. The van der Waals surface area contributed by atoms with E-state index in [0.717, 1.165) is 25.0 Å². The lowest BCUT2D eigenvalue weighted by Gasteiger charge is -2.35. The predicted octanol–water partition coefficient (Wildman–Crippen LogP) is 0.0510. The summed E-state index contributed by atoms with van der Waals surface area (Å²) < 4.78 is 0. The molecule has 2 saturated heterocycles. The average Bonchev–Trinajstić information content (AvgIpc) is 2.49. The standard InChI is InChI=1S/C10H20N2O/c1-8(13)6-12-5-3-10-9(7-12)2-4-11-10/h8-11,13H,2-7H2,1H3/t8-,9?,10?/m1/s1. The number of fused-ring (bicyclic) bond motifs is 1. The maximum atomic E-state index is 9.29. The van der Waals surface area contributed by atoms with E-state index in [9.17, 15) is 5.11 Å². The summed E-state index contributed by atoms with van der Waals surface area (Å²) in [4.78, 5) is 2.40. The molecule has 2 heterocycles. The van der Waals surface area contributed by atoms with E-state index in [-0.39, 0.29) is 6.10 Å². The smallest absolute Gasteiger partial charge is 0.0639 e. The number of hydrogen-bond acceptors (Lipinski definition) is 3. The van der Waals surface area contributed by atoms with Crippen LogP contribution >= 0.6 is 0 Å². The zero-order chi connectivity index (χ0) is 9.26. The Morgan fingerprint density at radius 3 is 3.15 bits per heavy atom. The summed E-state index contributed by atoms with van der Waals surface area (Å²) >= 11 is 0. The summed E-state index contributed by atoms with van der Waals surface area (Å²) in [7, 11) is 0. The van der Waals surface area contributed by atoms with Gasteiger partial charge in [-0.3, -0.25) is 0 Å². The van der Waals surface area contributed by atoms with Crippen LogP contribution in [0.15, 0.2) is 0 Å². The zero-order valence-corrected chi connectivity index (χ0v) is 8.37. The lowest BCUT2D eigenvalue weighted by molar-refractivity contribution is 0.0904. The van der Waals surface area contributed by atoms with Gasteiger partial charge in [0, 0.05) is 19.1 Å². The molecule has 2 aliphatic rings. The number of nitrogens with zero attached hydrogens (tertiary/aromatic N) is 1. The quantitative estimate of drug-likeness (QED) is 0.636. The number of aliphatic hydroxyl groups excluding tert-OH is 1. The van der Waals surface area contributed by atoms with Gasteiger partial charge in [-0.05, 0) is 38.8 Å². The van der Waals surface area contributed by atoms with Crippen LogP contribution in [0.3, 0.4) is 0 Å². The summed E-state index contributed by atoms with van der Waals surface area (Å²) in [5, 5.41) is 12.8. The highest BCUT2D eigenvalue weighted by atomic mass is 16.3. The third kappa shape index (κ3) is 2.22. The molecule has 76 valence electrons. The van der Waals surface area contributed by atoms with Gasteiger partial charge in [-0.1, -0.05) is 0 Å². The van der Waals surface area contributed by atoms with Gasteiger partial charge in [-0.15, -0.1) is 0 Å². The molecule has 0 spiro atoms. The van der Waals surface area contributed by atoms with Crippen LogP contribution in [0.1, 0.15) is 19.8 Å². The normalized spacial score (nSPS) is 37.4. The van der Waals surface area contributed by atoms with E-state index in [2.05, 4.69) is 10.2 Å². The largest absolute Gasteiger partial charge is 0.392 e. The Bertz CT molecular complexity index is 172. The molecule has 0 aliphatic carbocycles. The first kappa shape index (κ1) is 9.44. The third-order valence-corrected chi connectivity index (χ3v) is 3.26. The van der Waals surface area contributed by atoms with Crippen molar-refractivity contribution < 1.29 is 5.11 Å². The van der Waals surface area contributed by atoms with Crippen LogP contribution in [0.5, 0.6) is 0 Å². The van der Waals surface area contributed by atoms with E-state index in [4.69, 9.17) is 0 Å². The van der Waals surface area contributed by atoms with Crippen molar-refractivity contribution in [2.75, 3.05) is 26.2 Å². The van der Waals surface area contributed by atoms with Crippen LogP contribution in [0.25, 0.3) is 0 Å². The van der Waals surface area contributed by atoms with Crippen molar-refractivity contribution >= 4 is 0 Å². The number of nitrogens with one attached hydrogen (secondary N) is 1. The summed E-state index contributed by atoms with van der Waals surface area (Å²) in [5.74, 6) is 0.840. The average molecular weight is 184 g/mol. The van der Waals surface area contributed by atoms with E-state index in [1.807, 2.05) is 6.92 Å². The van der Waals surface area contributed by atoms with Gasteiger partial charge in [0.1, 0.15) is 0 Å². The number of piperidine rings is 1. The Morgan fingerprint density at radius 2 is 2.38 bits per heavy atom. The maximum absolute atomic E-state index is 9.29. The van der Waals surface area contributed by atoms with E-state index in [1.165, 1.54) is 25.9 Å². The van der Waals surface area contributed by atoms with Crippen molar-refractivity contribution in [3.8, 4) is 0 Å². The second-order valence-electron chi connectivity index (χ2n) is 4.51. The SMILES string of the molecule is C[C@@H](O)CN1CCC2NCCC2C1. The lowest BCUT2D eigenvalue weighted by Crippen LogP contribution is -2.46. The Kier molecular flexibility index (Phi) is 2.86. The summed E-state index contributed by atoms with van der Waals surface area (Å²) in [6.45, 7) is 6.25. The van der Waals surface area contributed by atoms with Gasteiger partial charge in [0.25, 0.3) is 0 Å². The molecule has 2 unspecified atom stereocenters. The van der Waals surface area contributed by atoms with Crippen molar-refractivity contribution in [3.05, 3.63) is 0 Å². The Balaban J connectivity index is 1.83. The number of hydrogen-bond donors (Lipinski definition) is 2. The molecule has 3 heteroatoms. The minimum atomic E-state index is -0.175. The number of rotatable bonds is 2.